The van der Waals surface area contributed by atoms with Gasteiger partial charge < -0.3 is 0 Å². The lowest BCUT2D eigenvalue weighted by atomic mass is 9.60. The molecule has 21 heavy (non-hydrogen) atoms. The van der Waals surface area contributed by atoms with Crippen LogP contribution in [-0.2, 0) is 5.31 Å². The Hall–Kier alpha value is -3.27. The van der Waals surface area contributed by atoms with E-state index in [2.05, 4.69) is 0 Å². The molecule has 0 saturated carbocycles. The lowest BCUT2D eigenvalue weighted by Gasteiger charge is -2.27. The molecule has 0 amide bonds. The Bertz CT molecular complexity index is 764. The van der Waals surface area contributed by atoms with Crippen LogP contribution in [0.2, 0.25) is 0 Å². The zero-order chi connectivity index (χ0) is 16.2. The minimum atomic E-state index is -1.07. The largest absolute Gasteiger partial charge is 0.192 e. The smallest absolute Gasteiger partial charge is 0.102 e. The van der Waals surface area contributed by atoms with Gasteiger partial charge in [0.1, 0.15) is 30.3 Å². The van der Waals surface area contributed by atoms with E-state index in [0.29, 0.717) is 6.42 Å². The number of benzene rings is 1. The average Bonchev–Trinajstić information content (AvgIpc) is 2.51. The Morgan fingerprint density at radius 1 is 0.762 bits per heavy atom. The van der Waals surface area contributed by atoms with Crippen molar-refractivity contribution < 1.29 is 0 Å². The molecule has 1 aromatic carbocycles. The highest BCUT2D eigenvalue weighted by Crippen LogP contribution is 2.35. The van der Waals surface area contributed by atoms with E-state index in [1.807, 2.05) is 12.1 Å². The highest BCUT2D eigenvalue weighted by molar-refractivity contribution is 6.16. The van der Waals surface area contributed by atoms with Crippen molar-refractivity contribution in [3.8, 4) is 30.3 Å². The molecule has 6 heteroatoms. The molecule has 0 bridgehead atoms. The maximum Gasteiger partial charge on any atom is 0.102 e. The Kier molecular flexibility index (Phi) is 4.36. The van der Waals surface area contributed by atoms with E-state index in [1.54, 1.807) is 32.1 Å². The van der Waals surface area contributed by atoms with Gasteiger partial charge in [-0.15, -0.1) is 0 Å². The van der Waals surface area contributed by atoms with Crippen LogP contribution in [0.25, 0.3) is 0 Å². The third-order valence-corrected chi connectivity index (χ3v) is 3.36. The summed E-state index contributed by atoms with van der Waals surface area (Å²) in [6, 6.07) is 8.94. The number of hydrogen-bond acceptors (Lipinski definition) is 5. The third-order valence-electron chi connectivity index (χ3n) is 3.36. The molecular weight excluding hydrogens is 261 g/mol. The molecule has 0 fully saturated rings. The van der Waals surface area contributed by atoms with E-state index in [-0.39, 0.29) is 33.4 Å². The van der Waals surface area contributed by atoms with Crippen molar-refractivity contribution in [1.82, 2.24) is 0 Å². The van der Waals surface area contributed by atoms with Gasteiger partial charge in [0, 0.05) is 0 Å². The van der Waals surface area contributed by atoms with Crippen LogP contribution < -0.4 is 0 Å². The Balaban J connectivity index is 4.24. The number of nitrogens with zero attached hydrogens (tertiary/aromatic N) is 5. The van der Waals surface area contributed by atoms with Gasteiger partial charge in [-0.1, -0.05) is 20.3 Å². The fourth-order valence-corrected chi connectivity index (χ4v) is 2.06. The highest BCUT2D eigenvalue weighted by atomic mass is 14.4. The topological polar surface area (TPSA) is 119 Å². The predicted octanol–water partition coefficient (Wildman–Crippen LogP) is 1.84. The SMILES string of the molecule is [B]C(C)(CC)c1c(C#N)c(C#N)c(C#N)c(C#N)c1C#N. The lowest BCUT2D eigenvalue weighted by molar-refractivity contribution is 0.644. The maximum atomic E-state index is 9.33. The van der Waals surface area contributed by atoms with Gasteiger partial charge in [-0.25, -0.2) is 0 Å². The summed E-state index contributed by atoms with van der Waals surface area (Å²) in [4.78, 5) is 0. The molecule has 2 radical (unpaired) electrons. The van der Waals surface area contributed by atoms with E-state index in [1.165, 1.54) is 0 Å². The number of rotatable bonds is 2. The van der Waals surface area contributed by atoms with Gasteiger partial charge in [0.15, 0.2) is 0 Å². The van der Waals surface area contributed by atoms with Crippen LogP contribution >= 0.6 is 0 Å². The summed E-state index contributed by atoms with van der Waals surface area (Å²) in [6.07, 6.45) is 0.387. The van der Waals surface area contributed by atoms with Crippen molar-refractivity contribution in [2.45, 2.75) is 25.6 Å². The van der Waals surface area contributed by atoms with Gasteiger partial charge >= 0.3 is 0 Å². The van der Waals surface area contributed by atoms with Crippen LogP contribution in [0.5, 0.6) is 0 Å². The molecule has 1 unspecified atom stereocenters. The molecule has 0 N–H and O–H groups in total. The average molecular weight is 269 g/mol. The van der Waals surface area contributed by atoms with Crippen LogP contribution in [0, 0.1) is 56.7 Å². The first-order valence-corrected chi connectivity index (χ1v) is 5.97. The lowest BCUT2D eigenvalue weighted by Crippen LogP contribution is -2.25. The van der Waals surface area contributed by atoms with E-state index >= 15 is 0 Å². The van der Waals surface area contributed by atoms with Crippen LogP contribution in [0.3, 0.4) is 0 Å². The van der Waals surface area contributed by atoms with Gasteiger partial charge in [0.25, 0.3) is 0 Å². The molecule has 0 aliphatic carbocycles. The minimum Gasteiger partial charge on any atom is -0.192 e. The molecule has 1 atom stereocenters. The molecule has 0 spiro atoms. The van der Waals surface area contributed by atoms with Crippen LogP contribution in [0.15, 0.2) is 0 Å². The number of hydrogen-bond donors (Lipinski definition) is 0. The summed E-state index contributed by atoms with van der Waals surface area (Å²) >= 11 is 0. The second kappa shape index (κ2) is 5.80. The van der Waals surface area contributed by atoms with Gasteiger partial charge in [-0.2, -0.15) is 26.3 Å². The molecule has 1 rings (SSSR count). The Labute approximate surface area is 124 Å². The molecule has 0 aromatic heterocycles. The first kappa shape index (κ1) is 15.8. The third kappa shape index (κ3) is 2.30. The van der Waals surface area contributed by atoms with E-state index in [4.69, 9.17) is 13.1 Å². The van der Waals surface area contributed by atoms with Crippen molar-refractivity contribution in [3.63, 3.8) is 0 Å². The van der Waals surface area contributed by atoms with E-state index in [9.17, 15) is 21.0 Å². The fourth-order valence-electron chi connectivity index (χ4n) is 2.06. The molecule has 0 heterocycles. The van der Waals surface area contributed by atoms with Crippen molar-refractivity contribution in [1.29, 1.82) is 26.3 Å². The van der Waals surface area contributed by atoms with Gasteiger partial charge in [0.05, 0.1) is 35.7 Å². The summed E-state index contributed by atoms with van der Waals surface area (Å²) in [6.45, 7) is 3.37. The summed E-state index contributed by atoms with van der Waals surface area (Å²) in [5, 5.41) is 45.2. The predicted molar refractivity (Wildman–Crippen MR) is 73.4 cm³/mol. The first-order chi connectivity index (χ1) is 9.93. The van der Waals surface area contributed by atoms with E-state index in [0.717, 1.165) is 0 Å². The quantitative estimate of drug-likeness (QED) is 0.758. The monoisotopic (exact) mass is 269 g/mol. The van der Waals surface area contributed by atoms with Crippen LogP contribution in [-0.4, -0.2) is 7.85 Å². The van der Waals surface area contributed by atoms with Crippen molar-refractivity contribution in [2.24, 2.45) is 0 Å². The highest BCUT2D eigenvalue weighted by Gasteiger charge is 2.31. The standard InChI is InChI=1S/C15H8BN5/c1-3-15(2,16)14-12(7-20)10(5-18)9(4-17)11(6-19)13(14)8-21/h3H2,1-2H3. The Morgan fingerprint density at radius 3 is 1.29 bits per heavy atom. The summed E-state index contributed by atoms with van der Waals surface area (Å²) < 4.78 is 0. The normalized spacial score (nSPS) is 11.9. The molecule has 0 aliphatic rings. The summed E-state index contributed by atoms with van der Waals surface area (Å²) in [5.41, 5.74) is -0.773. The van der Waals surface area contributed by atoms with E-state index < -0.39 is 5.31 Å². The van der Waals surface area contributed by atoms with Gasteiger partial charge in [-0.3, -0.25) is 0 Å². The second-order valence-corrected chi connectivity index (χ2v) is 4.58. The fraction of sp³-hybridized carbons (Fsp3) is 0.267. The molecular formula is C15H8BN5. The van der Waals surface area contributed by atoms with Crippen LogP contribution in [0.1, 0.15) is 53.6 Å². The van der Waals surface area contributed by atoms with Crippen LogP contribution in [0.4, 0.5) is 0 Å². The molecule has 0 aliphatic heterocycles. The summed E-state index contributed by atoms with van der Waals surface area (Å²) in [7, 11) is 6.12. The van der Waals surface area contributed by atoms with Gasteiger partial charge in [0.2, 0.25) is 0 Å². The minimum absolute atomic E-state index is 0.114. The number of nitriles is 5. The molecule has 0 saturated heterocycles. The van der Waals surface area contributed by atoms with Crippen molar-refractivity contribution >= 4 is 7.85 Å². The molecule has 5 nitrogen and oxygen atoms in total. The van der Waals surface area contributed by atoms with Crippen molar-refractivity contribution in [2.75, 3.05) is 0 Å². The van der Waals surface area contributed by atoms with Crippen molar-refractivity contribution in [3.05, 3.63) is 33.4 Å². The zero-order valence-electron chi connectivity index (χ0n) is 11.5. The first-order valence-electron chi connectivity index (χ1n) is 5.97. The second-order valence-electron chi connectivity index (χ2n) is 4.58. The van der Waals surface area contributed by atoms with Gasteiger partial charge in [-0.05, 0) is 10.9 Å². The Morgan fingerprint density at radius 2 is 1.05 bits per heavy atom. The maximum absolute atomic E-state index is 9.33. The molecule has 96 valence electrons. The molecule has 1 aromatic rings. The summed E-state index contributed by atoms with van der Waals surface area (Å²) in [5.74, 6) is 0. The zero-order valence-corrected chi connectivity index (χ0v) is 11.5.